The summed E-state index contributed by atoms with van der Waals surface area (Å²) >= 11 is 6.06. The Kier molecular flexibility index (Phi) is 4.53. The number of nitrogens with zero attached hydrogens (tertiary/aromatic N) is 1. The predicted octanol–water partition coefficient (Wildman–Crippen LogP) is 4.41. The lowest BCUT2D eigenvalue weighted by Gasteiger charge is -2.00. The lowest BCUT2D eigenvalue weighted by atomic mass is 10.1. The Morgan fingerprint density at radius 3 is 2.74 bits per heavy atom. The molecule has 0 saturated heterocycles. The van der Waals surface area contributed by atoms with E-state index in [4.69, 9.17) is 16.3 Å². The Balaban J connectivity index is 1.73. The van der Waals surface area contributed by atoms with E-state index in [1.54, 1.807) is 24.3 Å². The van der Waals surface area contributed by atoms with Crippen molar-refractivity contribution in [2.45, 2.75) is 12.8 Å². The van der Waals surface area contributed by atoms with Gasteiger partial charge in [-0.15, -0.1) is 0 Å². The molecule has 0 fully saturated rings. The van der Waals surface area contributed by atoms with Crippen LogP contribution in [-0.2, 0) is 16.0 Å². The summed E-state index contributed by atoms with van der Waals surface area (Å²) in [4.78, 5) is 16.1. The van der Waals surface area contributed by atoms with Gasteiger partial charge in [0.2, 0.25) is 0 Å². The van der Waals surface area contributed by atoms with Gasteiger partial charge in [0.25, 0.3) is 0 Å². The first-order valence-corrected chi connectivity index (χ1v) is 7.50. The van der Waals surface area contributed by atoms with Gasteiger partial charge in [-0.05, 0) is 41.8 Å². The van der Waals surface area contributed by atoms with E-state index in [1.807, 2.05) is 18.2 Å². The summed E-state index contributed by atoms with van der Waals surface area (Å²) in [5.74, 6) is -0.455. The molecule has 1 heterocycles. The van der Waals surface area contributed by atoms with Crippen molar-refractivity contribution in [2.24, 2.45) is 4.99 Å². The molecule has 0 bridgehead atoms. The number of carbonyl (C=O) groups excluding carboxylic acids is 1. The summed E-state index contributed by atoms with van der Waals surface area (Å²) in [6.45, 7) is 0. The van der Waals surface area contributed by atoms with E-state index < -0.39 is 5.97 Å². The number of cyclic esters (lactones) is 1. The highest BCUT2D eigenvalue weighted by Crippen LogP contribution is 2.22. The second kappa shape index (κ2) is 6.75. The Morgan fingerprint density at radius 2 is 1.96 bits per heavy atom. The molecule has 0 radical (unpaired) electrons. The summed E-state index contributed by atoms with van der Waals surface area (Å²) < 4.78 is 18.3. The minimum absolute atomic E-state index is 0.215. The van der Waals surface area contributed by atoms with Gasteiger partial charge in [0, 0.05) is 11.4 Å². The first kappa shape index (κ1) is 15.4. The third-order valence-electron chi connectivity index (χ3n) is 3.38. The van der Waals surface area contributed by atoms with Crippen LogP contribution in [-0.4, -0.2) is 11.9 Å². The van der Waals surface area contributed by atoms with Crippen molar-refractivity contribution in [2.75, 3.05) is 0 Å². The van der Waals surface area contributed by atoms with Gasteiger partial charge >= 0.3 is 5.97 Å². The van der Waals surface area contributed by atoms with Gasteiger partial charge in [0.15, 0.2) is 11.6 Å². The van der Waals surface area contributed by atoms with Crippen molar-refractivity contribution in [3.05, 3.63) is 76.2 Å². The molecular weight excluding hydrogens is 317 g/mol. The maximum atomic E-state index is 13.1. The molecule has 0 aliphatic carbocycles. The molecule has 0 unspecified atom stereocenters. The van der Waals surface area contributed by atoms with Crippen LogP contribution in [0.25, 0.3) is 6.08 Å². The highest BCUT2D eigenvalue weighted by Gasteiger charge is 2.22. The zero-order valence-electron chi connectivity index (χ0n) is 12.1. The van der Waals surface area contributed by atoms with Gasteiger partial charge < -0.3 is 4.74 Å². The molecule has 2 aromatic carbocycles. The smallest absolute Gasteiger partial charge is 0.363 e. The largest absolute Gasteiger partial charge is 0.407 e. The number of hydrogen-bond acceptors (Lipinski definition) is 3. The molecule has 5 heteroatoms. The molecule has 0 spiro atoms. The lowest BCUT2D eigenvalue weighted by Crippen LogP contribution is -2.05. The number of benzene rings is 2. The molecule has 0 N–H and O–H groups in total. The highest BCUT2D eigenvalue weighted by molar-refractivity contribution is 6.32. The third kappa shape index (κ3) is 3.85. The van der Waals surface area contributed by atoms with E-state index >= 15 is 0 Å². The average Bonchev–Trinajstić information content (AvgIpc) is 2.88. The molecular formula is C18H13ClFNO2. The maximum Gasteiger partial charge on any atom is 0.363 e. The topological polar surface area (TPSA) is 38.7 Å². The standard InChI is InChI=1S/C18H13ClFNO2/c19-15-7-2-1-5-13(15)11-16-18(22)23-17(21-16)9-8-12-4-3-6-14(20)10-12/h1-7,10-11H,8-9H2/b16-11-. The average molecular weight is 330 g/mol. The molecule has 0 aromatic heterocycles. The monoisotopic (exact) mass is 329 g/mol. The van der Waals surface area contributed by atoms with Gasteiger partial charge in [-0.2, -0.15) is 0 Å². The second-order valence-corrected chi connectivity index (χ2v) is 5.48. The van der Waals surface area contributed by atoms with Crippen LogP contribution in [0.4, 0.5) is 4.39 Å². The number of carbonyl (C=O) groups is 1. The van der Waals surface area contributed by atoms with Crippen LogP contribution in [0.3, 0.4) is 0 Å². The summed E-state index contributed by atoms with van der Waals surface area (Å²) in [5, 5.41) is 0.538. The molecule has 23 heavy (non-hydrogen) atoms. The fourth-order valence-corrected chi connectivity index (χ4v) is 2.43. The Morgan fingerprint density at radius 1 is 1.13 bits per heavy atom. The molecule has 1 aliphatic rings. The van der Waals surface area contributed by atoms with Crippen LogP contribution >= 0.6 is 11.6 Å². The molecule has 0 saturated carbocycles. The third-order valence-corrected chi connectivity index (χ3v) is 3.72. The number of esters is 1. The number of ether oxygens (including phenoxy) is 1. The molecule has 2 aromatic rings. The Labute approximate surface area is 138 Å². The summed E-state index contributed by atoms with van der Waals surface area (Å²) in [6, 6.07) is 13.5. The predicted molar refractivity (Wildman–Crippen MR) is 87.7 cm³/mol. The molecule has 116 valence electrons. The quantitative estimate of drug-likeness (QED) is 0.615. The summed E-state index contributed by atoms with van der Waals surface area (Å²) in [6.07, 6.45) is 2.57. The first-order valence-electron chi connectivity index (χ1n) is 7.12. The highest BCUT2D eigenvalue weighted by atomic mass is 35.5. The molecule has 3 nitrogen and oxygen atoms in total. The Bertz CT molecular complexity index is 814. The number of halogens is 2. The van der Waals surface area contributed by atoms with Crippen molar-refractivity contribution in [1.29, 1.82) is 0 Å². The van der Waals surface area contributed by atoms with E-state index in [1.165, 1.54) is 12.1 Å². The van der Waals surface area contributed by atoms with E-state index in [2.05, 4.69) is 4.99 Å². The van der Waals surface area contributed by atoms with Crippen LogP contribution in [0.15, 0.2) is 59.2 Å². The first-order chi connectivity index (χ1) is 11.1. The van der Waals surface area contributed by atoms with Gasteiger partial charge in [0.1, 0.15) is 5.82 Å². The van der Waals surface area contributed by atoms with E-state index in [-0.39, 0.29) is 11.5 Å². The Hall–Kier alpha value is -2.46. The van der Waals surface area contributed by atoms with Crippen molar-refractivity contribution in [3.8, 4) is 0 Å². The lowest BCUT2D eigenvalue weighted by molar-refractivity contribution is -0.130. The minimum Gasteiger partial charge on any atom is -0.407 e. The van der Waals surface area contributed by atoms with Crippen LogP contribution in [0, 0.1) is 5.82 Å². The number of aryl methyl sites for hydroxylation is 1. The van der Waals surface area contributed by atoms with Crippen LogP contribution in [0.5, 0.6) is 0 Å². The molecule has 3 rings (SSSR count). The summed E-state index contributed by atoms with van der Waals surface area (Å²) in [7, 11) is 0. The van der Waals surface area contributed by atoms with Crippen molar-refractivity contribution >= 4 is 29.5 Å². The molecule has 0 amide bonds. The maximum absolute atomic E-state index is 13.1. The normalized spacial score (nSPS) is 15.7. The van der Waals surface area contributed by atoms with E-state index in [9.17, 15) is 9.18 Å². The number of rotatable bonds is 4. The van der Waals surface area contributed by atoms with Gasteiger partial charge in [0.05, 0.1) is 0 Å². The summed E-state index contributed by atoms with van der Waals surface area (Å²) in [5.41, 5.74) is 1.75. The number of hydrogen-bond donors (Lipinski definition) is 0. The molecule has 0 atom stereocenters. The fraction of sp³-hybridized carbons (Fsp3) is 0.111. The SMILES string of the molecule is O=C1OC(CCc2cccc(F)c2)=N/C1=C\c1ccccc1Cl. The van der Waals surface area contributed by atoms with Crippen molar-refractivity contribution < 1.29 is 13.9 Å². The van der Waals surface area contributed by atoms with Crippen molar-refractivity contribution in [3.63, 3.8) is 0 Å². The van der Waals surface area contributed by atoms with Crippen LogP contribution in [0.1, 0.15) is 17.5 Å². The second-order valence-electron chi connectivity index (χ2n) is 5.08. The van der Waals surface area contributed by atoms with Gasteiger partial charge in [-0.1, -0.05) is 41.9 Å². The zero-order chi connectivity index (χ0) is 16.2. The van der Waals surface area contributed by atoms with Gasteiger partial charge in [-0.25, -0.2) is 14.2 Å². The van der Waals surface area contributed by atoms with E-state index in [0.29, 0.717) is 29.3 Å². The van der Waals surface area contributed by atoms with Crippen molar-refractivity contribution in [1.82, 2.24) is 0 Å². The number of aliphatic imine (C=N–C) groups is 1. The zero-order valence-corrected chi connectivity index (χ0v) is 12.9. The van der Waals surface area contributed by atoms with Crippen LogP contribution in [0.2, 0.25) is 5.02 Å². The van der Waals surface area contributed by atoms with Gasteiger partial charge in [-0.3, -0.25) is 0 Å². The minimum atomic E-state index is -0.501. The van der Waals surface area contributed by atoms with E-state index in [0.717, 1.165) is 5.56 Å². The van der Waals surface area contributed by atoms with Crippen LogP contribution < -0.4 is 0 Å². The fourth-order valence-electron chi connectivity index (χ4n) is 2.24. The molecule has 1 aliphatic heterocycles.